The quantitative estimate of drug-likeness (QED) is 0.942. The van der Waals surface area contributed by atoms with Gasteiger partial charge in [0.05, 0.1) is 16.6 Å². The van der Waals surface area contributed by atoms with Gasteiger partial charge in [0.1, 0.15) is 5.82 Å². The Morgan fingerprint density at radius 1 is 1.55 bits per heavy atom. The molecule has 0 bridgehead atoms. The Hall–Kier alpha value is -1.49. The fourth-order valence-electron chi connectivity index (χ4n) is 2.87. The maximum Gasteiger partial charge on any atom is 0.335 e. The van der Waals surface area contributed by atoms with Crippen LogP contribution < -0.4 is 0 Å². The molecule has 1 aromatic carbocycles. The van der Waals surface area contributed by atoms with Crippen LogP contribution in [0.25, 0.3) is 11.0 Å². The Kier molecular flexibility index (Phi) is 3.24. The first-order chi connectivity index (χ1) is 9.48. The number of carboxylic acid groups (broad SMARTS) is 1. The predicted molar refractivity (Wildman–Crippen MR) is 81.5 cm³/mol. The first-order valence-electron chi connectivity index (χ1n) is 6.83. The van der Waals surface area contributed by atoms with Crippen molar-refractivity contribution in [2.45, 2.75) is 38.0 Å². The summed E-state index contributed by atoms with van der Waals surface area (Å²) >= 11 is 2.01. The van der Waals surface area contributed by atoms with Crippen LogP contribution in [0.4, 0.5) is 0 Å². The summed E-state index contributed by atoms with van der Waals surface area (Å²) in [7, 11) is 0. The van der Waals surface area contributed by atoms with E-state index in [0.717, 1.165) is 23.4 Å². The van der Waals surface area contributed by atoms with Gasteiger partial charge in [-0.2, -0.15) is 11.8 Å². The number of aromatic nitrogens is 2. The third-order valence-electron chi connectivity index (χ3n) is 3.98. The number of hydrogen-bond donors (Lipinski definition) is 1. The Morgan fingerprint density at radius 2 is 2.35 bits per heavy atom. The number of carbonyl (C=O) groups is 1. The summed E-state index contributed by atoms with van der Waals surface area (Å²) in [6.45, 7) is 5.17. The van der Waals surface area contributed by atoms with Crippen molar-refractivity contribution in [3.8, 4) is 0 Å². The van der Waals surface area contributed by atoms with Crippen molar-refractivity contribution in [3.63, 3.8) is 0 Å². The fraction of sp³-hybridized carbons (Fsp3) is 0.467. The Labute approximate surface area is 122 Å². The molecule has 0 spiro atoms. The van der Waals surface area contributed by atoms with Gasteiger partial charge in [-0.3, -0.25) is 0 Å². The van der Waals surface area contributed by atoms with Crippen LogP contribution in [0.5, 0.6) is 0 Å². The zero-order valence-electron chi connectivity index (χ0n) is 11.7. The lowest BCUT2D eigenvalue weighted by molar-refractivity contribution is 0.0697. The molecule has 0 aliphatic carbocycles. The number of fused-ring (bicyclic) bond motifs is 1. The number of rotatable bonds is 3. The zero-order valence-corrected chi connectivity index (χ0v) is 12.5. The van der Waals surface area contributed by atoms with Crippen LogP contribution in [-0.2, 0) is 6.54 Å². The van der Waals surface area contributed by atoms with Crippen LogP contribution in [-0.4, -0.2) is 31.1 Å². The normalized spacial score (nSPS) is 22.5. The maximum absolute atomic E-state index is 11.1. The molecule has 0 radical (unpaired) electrons. The first kappa shape index (κ1) is 13.5. The second kappa shape index (κ2) is 4.81. The van der Waals surface area contributed by atoms with E-state index in [1.807, 2.05) is 18.7 Å². The van der Waals surface area contributed by atoms with Gasteiger partial charge in [0.2, 0.25) is 0 Å². The van der Waals surface area contributed by atoms with Crippen molar-refractivity contribution < 1.29 is 9.90 Å². The van der Waals surface area contributed by atoms with Gasteiger partial charge in [-0.25, -0.2) is 9.78 Å². The molecule has 3 rings (SSSR count). The third-order valence-corrected chi connectivity index (χ3v) is 5.50. The fourth-order valence-corrected chi connectivity index (χ4v) is 4.16. The average Bonchev–Trinajstić information content (AvgIpc) is 2.95. The van der Waals surface area contributed by atoms with Crippen LogP contribution in [0.3, 0.4) is 0 Å². The van der Waals surface area contributed by atoms with Crippen molar-refractivity contribution in [1.29, 1.82) is 0 Å². The molecule has 1 aliphatic rings. The van der Waals surface area contributed by atoms with E-state index in [0.29, 0.717) is 5.56 Å². The van der Waals surface area contributed by atoms with Crippen molar-refractivity contribution in [2.75, 3.05) is 5.75 Å². The molecule has 1 atom stereocenters. The highest BCUT2D eigenvalue weighted by Gasteiger charge is 2.31. The van der Waals surface area contributed by atoms with Crippen LogP contribution in [0.15, 0.2) is 18.2 Å². The van der Waals surface area contributed by atoms with E-state index in [4.69, 9.17) is 5.11 Å². The standard InChI is InChI=1S/C15H18N2O2S/c1-10-16-12-5-4-11(14(18)19)8-13(12)17(10)9-15(2)6-3-7-20-15/h4-5,8H,3,6-7,9H2,1-2H3,(H,18,19). The molecule has 106 valence electrons. The summed E-state index contributed by atoms with van der Waals surface area (Å²) in [5.74, 6) is 1.28. The second-order valence-electron chi connectivity index (χ2n) is 5.66. The summed E-state index contributed by atoms with van der Waals surface area (Å²) in [5, 5.41) is 9.14. The van der Waals surface area contributed by atoms with E-state index in [2.05, 4.69) is 16.5 Å². The van der Waals surface area contributed by atoms with Gasteiger partial charge in [-0.05, 0) is 50.6 Å². The summed E-state index contributed by atoms with van der Waals surface area (Å²) < 4.78 is 2.40. The maximum atomic E-state index is 11.1. The van der Waals surface area contributed by atoms with Gasteiger partial charge in [0.15, 0.2) is 0 Å². The lowest BCUT2D eigenvalue weighted by Gasteiger charge is -2.24. The van der Waals surface area contributed by atoms with E-state index < -0.39 is 5.97 Å². The molecule has 1 aliphatic heterocycles. The lowest BCUT2D eigenvalue weighted by Crippen LogP contribution is -2.24. The minimum Gasteiger partial charge on any atom is -0.478 e. The monoisotopic (exact) mass is 290 g/mol. The van der Waals surface area contributed by atoms with E-state index in [1.165, 1.54) is 18.6 Å². The molecule has 0 saturated carbocycles. The number of hydrogen-bond acceptors (Lipinski definition) is 3. The van der Waals surface area contributed by atoms with Gasteiger partial charge in [-0.1, -0.05) is 0 Å². The molecule has 1 aromatic heterocycles. The topological polar surface area (TPSA) is 55.1 Å². The van der Waals surface area contributed by atoms with E-state index in [-0.39, 0.29) is 4.75 Å². The van der Waals surface area contributed by atoms with E-state index in [9.17, 15) is 4.79 Å². The molecule has 1 N–H and O–H groups in total. The lowest BCUT2D eigenvalue weighted by atomic mass is 10.1. The first-order valence-corrected chi connectivity index (χ1v) is 7.81. The summed E-state index contributed by atoms with van der Waals surface area (Å²) in [6.07, 6.45) is 2.46. The molecule has 1 fully saturated rings. The Balaban J connectivity index is 2.06. The number of benzene rings is 1. The number of carboxylic acids is 1. The van der Waals surface area contributed by atoms with Crippen LogP contribution in [0.2, 0.25) is 0 Å². The van der Waals surface area contributed by atoms with E-state index in [1.54, 1.807) is 18.2 Å². The highest BCUT2D eigenvalue weighted by atomic mass is 32.2. The summed E-state index contributed by atoms with van der Waals surface area (Å²) in [5.41, 5.74) is 2.12. The van der Waals surface area contributed by atoms with Gasteiger partial charge < -0.3 is 9.67 Å². The zero-order chi connectivity index (χ0) is 14.3. The highest BCUT2D eigenvalue weighted by Crippen LogP contribution is 2.39. The molecule has 4 nitrogen and oxygen atoms in total. The largest absolute Gasteiger partial charge is 0.478 e. The number of imidazole rings is 1. The van der Waals surface area contributed by atoms with Gasteiger partial charge in [0.25, 0.3) is 0 Å². The van der Waals surface area contributed by atoms with Crippen LogP contribution >= 0.6 is 11.8 Å². The predicted octanol–water partition coefficient (Wildman–Crippen LogP) is 3.33. The minimum absolute atomic E-state index is 0.234. The van der Waals surface area contributed by atoms with E-state index >= 15 is 0 Å². The highest BCUT2D eigenvalue weighted by molar-refractivity contribution is 8.00. The molecular weight excluding hydrogens is 272 g/mol. The van der Waals surface area contributed by atoms with Crippen LogP contribution in [0.1, 0.15) is 35.9 Å². The summed E-state index contributed by atoms with van der Waals surface area (Å²) in [4.78, 5) is 15.7. The number of nitrogens with zero attached hydrogens (tertiary/aromatic N) is 2. The smallest absolute Gasteiger partial charge is 0.335 e. The molecule has 1 unspecified atom stereocenters. The minimum atomic E-state index is -0.890. The Bertz CT molecular complexity index is 672. The van der Waals surface area contributed by atoms with Gasteiger partial charge in [0, 0.05) is 11.3 Å². The molecule has 20 heavy (non-hydrogen) atoms. The number of aryl methyl sites for hydroxylation is 1. The second-order valence-corrected chi connectivity index (χ2v) is 7.34. The van der Waals surface area contributed by atoms with Crippen molar-refractivity contribution in [3.05, 3.63) is 29.6 Å². The third kappa shape index (κ3) is 2.30. The van der Waals surface area contributed by atoms with Crippen molar-refractivity contribution in [2.24, 2.45) is 0 Å². The average molecular weight is 290 g/mol. The van der Waals surface area contributed by atoms with Crippen molar-refractivity contribution in [1.82, 2.24) is 9.55 Å². The number of thioether (sulfide) groups is 1. The Morgan fingerprint density at radius 3 is 3.00 bits per heavy atom. The molecule has 5 heteroatoms. The molecular formula is C15H18N2O2S. The van der Waals surface area contributed by atoms with Crippen molar-refractivity contribution >= 4 is 28.8 Å². The molecule has 2 heterocycles. The number of aromatic carboxylic acids is 1. The molecule has 0 amide bonds. The molecule has 1 saturated heterocycles. The van der Waals surface area contributed by atoms with Gasteiger partial charge in [-0.15, -0.1) is 0 Å². The SMILES string of the molecule is Cc1nc2ccc(C(=O)O)cc2n1CC1(C)CCCS1. The van der Waals surface area contributed by atoms with Crippen LogP contribution in [0, 0.1) is 6.92 Å². The summed E-state index contributed by atoms with van der Waals surface area (Å²) in [6, 6.07) is 5.15. The molecule has 2 aromatic rings. The van der Waals surface area contributed by atoms with Gasteiger partial charge >= 0.3 is 5.97 Å².